The Hall–Kier alpha value is -1.28. The highest BCUT2D eigenvalue weighted by molar-refractivity contribution is 5.94. The Bertz CT molecular complexity index is 727. The van der Waals surface area contributed by atoms with Crippen LogP contribution in [0.4, 0.5) is 13.2 Å². The van der Waals surface area contributed by atoms with Crippen molar-refractivity contribution in [3.05, 3.63) is 36.0 Å². The fourth-order valence-corrected chi connectivity index (χ4v) is 3.20. The highest BCUT2D eigenvalue weighted by Gasteiger charge is 2.46. The van der Waals surface area contributed by atoms with Gasteiger partial charge in [0.15, 0.2) is 0 Å². The molecule has 2 heterocycles. The zero-order valence-corrected chi connectivity index (χ0v) is 15.2. The Labute approximate surface area is 156 Å². The number of carbonyl (C=O) groups is 1. The summed E-state index contributed by atoms with van der Waals surface area (Å²) >= 11 is 0. The predicted molar refractivity (Wildman–Crippen MR) is 96.0 cm³/mol. The van der Waals surface area contributed by atoms with Gasteiger partial charge in [0.2, 0.25) is 5.91 Å². The second kappa shape index (κ2) is 8.40. The molecule has 1 aromatic carbocycles. The Balaban J connectivity index is 0.00000156. The number of hydrogen-bond acceptors (Lipinski definition) is 3. The van der Waals surface area contributed by atoms with Gasteiger partial charge in [-0.1, -0.05) is 18.2 Å². The molecule has 1 fully saturated rings. The second-order valence-electron chi connectivity index (χ2n) is 5.72. The van der Waals surface area contributed by atoms with Crippen LogP contribution < -0.4 is 5.32 Å². The first-order chi connectivity index (χ1) is 10.9. The fourth-order valence-electron chi connectivity index (χ4n) is 3.20. The number of para-hydroxylation sites is 1. The van der Waals surface area contributed by atoms with E-state index in [1.165, 1.54) is 22.6 Å². The maximum atomic E-state index is 13.8. The average Bonchev–Trinajstić information content (AvgIpc) is 2.87. The number of benzene rings is 1. The van der Waals surface area contributed by atoms with Gasteiger partial charge in [0.1, 0.15) is 6.04 Å². The molecular weight excluding hydrogens is 378 g/mol. The van der Waals surface area contributed by atoms with E-state index in [4.69, 9.17) is 0 Å². The summed E-state index contributed by atoms with van der Waals surface area (Å²) in [5.41, 5.74) is 0.657. The van der Waals surface area contributed by atoms with Crippen molar-refractivity contribution in [2.24, 2.45) is 0 Å². The summed E-state index contributed by atoms with van der Waals surface area (Å²) in [6.45, 7) is 3.05. The zero-order chi connectivity index (χ0) is 16.6. The molecule has 25 heavy (non-hydrogen) atoms. The molecule has 140 valence electrons. The third-order valence-corrected chi connectivity index (χ3v) is 4.20. The summed E-state index contributed by atoms with van der Waals surface area (Å²) < 4.78 is 42.6. The first-order valence-corrected chi connectivity index (χ1v) is 7.52. The fraction of sp³-hybridized carbons (Fsp3) is 0.438. The molecular formula is C16H20Cl2F3N3O. The molecule has 1 aliphatic rings. The number of aromatic nitrogens is 1. The minimum atomic E-state index is -4.40. The molecule has 0 aliphatic carbocycles. The first kappa shape index (κ1) is 21.8. The summed E-state index contributed by atoms with van der Waals surface area (Å²) in [4.78, 5) is 13.2. The van der Waals surface area contributed by atoms with Crippen LogP contribution in [-0.4, -0.2) is 47.7 Å². The lowest BCUT2D eigenvalue weighted by Crippen LogP contribution is -2.49. The topological polar surface area (TPSA) is 37.3 Å². The second-order valence-corrected chi connectivity index (χ2v) is 5.72. The quantitative estimate of drug-likeness (QED) is 0.839. The maximum absolute atomic E-state index is 13.8. The smallest absolute Gasteiger partial charge is 0.314 e. The standard InChI is InChI=1S/C16H18F3N3O.2ClH/c1-11(23)22-10-13(12-4-2-3-5-14(12)22)15(16(17,18)19)21-8-6-20-7-9-21;;/h2-5,10,15,20H,6-9H2,1H3;2*1H/t15-;;/m0../s1. The van der Waals surface area contributed by atoms with Crippen LogP contribution in [0.25, 0.3) is 10.9 Å². The van der Waals surface area contributed by atoms with Crippen LogP contribution in [-0.2, 0) is 0 Å². The van der Waals surface area contributed by atoms with Crippen LogP contribution in [0.3, 0.4) is 0 Å². The van der Waals surface area contributed by atoms with Gasteiger partial charge < -0.3 is 5.32 Å². The highest BCUT2D eigenvalue weighted by Crippen LogP contribution is 2.41. The minimum Gasteiger partial charge on any atom is -0.314 e. The predicted octanol–water partition coefficient (Wildman–Crippen LogP) is 3.65. The first-order valence-electron chi connectivity index (χ1n) is 7.52. The number of piperazine rings is 1. The normalized spacial score (nSPS) is 16.8. The number of nitrogens with zero attached hydrogens (tertiary/aromatic N) is 2. The van der Waals surface area contributed by atoms with Gasteiger partial charge in [-0.3, -0.25) is 14.3 Å². The van der Waals surface area contributed by atoms with Crippen molar-refractivity contribution < 1.29 is 18.0 Å². The van der Waals surface area contributed by atoms with E-state index in [1.807, 2.05) is 0 Å². The van der Waals surface area contributed by atoms with Crippen LogP contribution in [0.5, 0.6) is 0 Å². The van der Waals surface area contributed by atoms with Crippen LogP contribution >= 0.6 is 24.8 Å². The van der Waals surface area contributed by atoms with E-state index in [9.17, 15) is 18.0 Å². The van der Waals surface area contributed by atoms with Crippen molar-refractivity contribution in [1.82, 2.24) is 14.8 Å². The van der Waals surface area contributed by atoms with E-state index in [0.29, 0.717) is 37.1 Å². The minimum absolute atomic E-state index is 0. The molecule has 3 rings (SSSR count). The molecule has 9 heteroatoms. The molecule has 1 atom stereocenters. The lowest BCUT2D eigenvalue weighted by molar-refractivity contribution is -0.187. The largest absolute Gasteiger partial charge is 0.408 e. The third-order valence-electron chi connectivity index (χ3n) is 4.20. The summed E-state index contributed by atoms with van der Waals surface area (Å²) in [6.07, 6.45) is -3.06. The Kier molecular flexibility index (Phi) is 7.31. The van der Waals surface area contributed by atoms with Crippen molar-refractivity contribution in [3.8, 4) is 0 Å². The van der Waals surface area contributed by atoms with Crippen LogP contribution in [0.15, 0.2) is 30.5 Å². The molecule has 0 bridgehead atoms. The molecule has 0 saturated carbocycles. The van der Waals surface area contributed by atoms with Gasteiger partial charge in [0.25, 0.3) is 0 Å². The number of alkyl halides is 3. The zero-order valence-electron chi connectivity index (χ0n) is 13.5. The lowest BCUT2D eigenvalue weighted by atomic mass is 10.0. The monoisotopic (exact) mass is 397 g/mol. The molecule has 4 nitrogen and oxygen atoms in total. The van der Waals surface area contributed by atoms with Gasteiger partial charge >= 0.3 is 6.18 Å². The van der Waals surface area contributed by atoms with Crippen LogP contribution in [0.2, 0.25) is 0 Å². The molecule has 0 spiro atoms. The van der Waals surface area contributed by atoms with Crippen molar-refractivity contribution in [3.63, 3.8) is 0 Å². The van der Waals surface area contributed by atoms with Crippen molar-refractivity contribution >= 4 is 41.6 Å². The number of carbonyl (C=O) groups excluding carboxylic acids is 1. The molecule has 1 aromatic heterocycles. The molecule has 0 radical (unpaired) electrons. The highest BCUT2D eigenvalue weighted by atomic mass is 35.5. The number of hydrogen-bond donors (Lipinski definition) is 1. The molecule has 1 aliphatic heterocycles. The van der Waals surface area contributed by atoms with E-state index >= 15 is 0 Å². The molecule has 0 amide bonds. The Morgan fingerprint density at radius 3 is 2.32 bits per heavy atom. The third kappa shape index (κ3) is 4.28. The van der Waals surface area contributed by atoms with E-state index in [2.05, 4.69) is 5.32 Å². The van der Waals surface area contributed by atoms with E-state index in [-0.39, 0.29) is 36.3 Å². The Morgan fingerprint density at radius 2 is 1.76 bits per heavy atom. The SMILES string of the molecule is CC(=O)n1cc([C@H](N2CCNCC2)C(F)(F)F)c2ccccc21.Cl.Cl. The van der Waals surface area contributed by atoms with Gasteiger partial charge in [0, 0.05) is 50.2 Å². The van der Waals surface area contributed by atoms with Gasteiger partial charge in [-0.05, 0) is 6.07 Å². The number of halogens is 5. The number of nitrogens with one attached hydrogen (secondary N) is 1. The van der Waals surface area contributed by atoms with Gasteiger partial charge in [-0.2, -0.15) is 13.2 Å². The van der Waals surface area contributed by atoms with E-state index in [1.54, 1.807) is 24.3 Å². The summed E-state index contributed by atoms with van der Waals surface area (Å²) in [5, 5.41) is 3.54. The van der Waals surface area contributed by atoms with Crippen molar-refractivity contribution in [2.75, 3.05) is 26.2 Å². The van der Waals surface area contributed by atoms with Crippen molar-refractivity contribution in [1.29, 1.82) is 0 Å². The van der Waals surface area contributed by atoms with E-state index in [0.717, 1.165) is 0 Å². The number of fused-ring (bicyclic) bond motifs is 1. The lowest BCUT2D eigenvalue weighted by Gasteiger charge is -2.35. The molecule has 1 N–H and O–H groups in total. The molecule has 1 saturated heterocycles. The van der Waals surface area contributed by atoms with Crippen molar-refractivity contribution in [2.45, 2.75) is 19.1 Å². The number of rotatable bonds is 2. The van der Waals surface area contributed by atoms with Gasteiger partial charge in [0.05, 0.1) is 5.52 Å². The summed E-state index contributed by atoms with van der Waals surface area (Å²) in [5.74, 6) is -0.298. The van der Waals surface area contributed by atoms with Gasteiger partial charge in [-0.15, -0.1) is 24.8 Å². The average molecular weight is 398 g/mol. The van der Waals surface area contributed by atoms with E-state index < -0.39 is 12.2 Å². The summed E-state index contributed by atoms with van der Waals surface area (Å²) in [7, 11) is 0. The Morgan fingerprint density at radius 1 is 1.16 bits per heavy atom. The van der Waals surface area contributed by atoms with Crippen LogP contribution in [0, 0.1) is 0 Å². The maximum Gasteiger partial charge on any atom is 0.408 e. The van der Waals surface area contributed by atoms with Crippen LogP contribution in [0.1, 0.15) is 23.3 Å². The summed E-state index contributed by atoms with van der Waals surface area (Å²) in [6, 6.07) is 5.03. The molecule has 0 unspecified atom stereocenters. The van der Waals surface area contributed by atoms with Gasteiger partial charge in [-0.25, -0.2) is 0 Å². The molecule has 2 aromatic rings.